The van der Waals surface area contributed by atoms with Gasteiger partial charge < -0.3 is 10.1 Å². The van der Waals surface area contributed by atoms with Crippen molar-refractivity contribution in [2.75, 3.05) is 33.3 Å². The van der Waals surface area contributed by atoms with Gasteiger partial charge in [-0.15, -0.1) is 0 Å². The van der Waals surface area contributed by atoms with Crippen molar-refractivity contribution in [3.8, 4) is 0 Å². The molecule has 3 rings (SSSR count). The summed E-state index contributed by atoms with van der Waals surface area (Å²) in [4.78, 5) is 11.8. The Balaban J connectivity index is 1.97. The van der Waals surface area contributed by atoms with E-state index in [0.29, 0.717) is 29.9 Å². The van der Waals surface area contributed by atoms with Crippen LogP contribution in [0.4, 0.5) is 0 Å². The highest BCUT2D eigenvalue weighted by Gasteiger charge is 2.42. The zero-order valence-electron chi connectivity index (χ0n) is 12.1. The predicted molar refractivity (Wildman–Crippen MR) is 81.4 cm³/mol. The fraction of sp³-hybridized carbons (Fsp3) is 0.500. The van der Waals surface area contributed by atoms with Crippen molar-refractivity contribution < 1.29 is 17.9 Å². The van der Waals surface area contributed by atoms with Gasteiger partial charge in [-0.05, 0) is 43.1 Å². The van der Waals surface area contributed by atoms with E-state index in [4.69, 9.17) is 11.6 Å². The molecular formula is C14H17ClN2O4S. The maximum atomic E-state index is 12.9. The fourth-order valence-corrected chi connectivity index (χ4v) is 5.03. The second-order valence-electron chi connectivity index (χ2n) is 5.63. The van der Waals surface area contributed by atoms with Gasteiger partial charge in [0, 0.05) is 18.1 Å². The fourth-order valence-electron chi connectivity index (χ4n) is 3.14. The highest BCUT2D eigenvalue weighted by Crippen LogP contribution is 2.32. The van der Waals surface area contributed by atoms with Crippen molar-refractivity contribution >= 4 is 27.6 Å². The van der Waals surface area contributed by atoms with Gasteiger partial charge in [0.1, 0.15) is 0 Å². The normalized spacial score (nSPS) is 25.2. The van der Waals surface area contributed by atoms with Gasteiger partial charge in [-0.2, -0.15) is 4.31 Å². The van der Waals surface area contributed by atoms with Crippen LogP contribution in [-0.4, -0.2) is 52.0 Å². The van der Waals surface area contributed by atoms with Crippen molar-refractivity contribution in [2.45, 2.75) is 4.90 Å². The number of sulfonamides is 1. The van der Waals surface area contributed by atoms with Crippen molar-refractivity contribution in [1.29, 1.82) is 0 Å². The van der Waals surface area contributed by atoms with Crippen LogP contribution in [0, 0.1) is 11.8 Å². The molecule has 2 heterocycles. The minimum absolute atomic E-state index is 0.0230. The average Bonchev–Trinajstić information content (AvgIpc) is 3.07. The molecular weight excluding hydrogens is 328 g/mol. The quantitative estimate of drug-likeness (QED) is 0.827. The van der Waals surface area contributed by atoms with Gasteiger partial charge in [0.15, 0.2) is 0 Å². The number of nitrogens with one attached hydrogen (secondary N) is 1. The minimum atomic E-state index is -3.74. The van der Waals surface area contributed by atoms with Crippen LogP contribution < -0.4 is 5.32 Å². The molecule has 22 heavy (non-hydrogen) atoms. The number of carbonyl (C=O) groups is 1. The highest BCUT2D eigenvalue weighted by molar-refractivity contribution is 7.89. The number of methoxy groups -OCH3 is 1. The zero-order chi connectivity index (χ0) is 15.9. The van der Waals surface area contributed by atoms with Crippen LogP contribution in [0.25, 0.3) is 0 Å². The molecule has 2 aliphatic rings. The topological polar surface area (TPSA) is 75.7 Å². The smallest absolute Gasteiger partial charge is 0.339 e. The molecule has 8 heteroatoms. The Bertz CT molecular complexity index is 695. The lowest BCUT2D eigenvalue weighted by Crippen LogP contribution is -2.33. The van der Waals surface area contributed by atoms with E-state index in [1.807, 2.05) is 0 Å². The Morgan fingerprint density at radius 1 is 1.32 bits per heavy atom. The van der Waals surface area contributed by atoms with E-state index in [-0.39, 0.29) is 10.5 Å². The van der Waals surface area contributed by atoms with Crippen molar-refractivity contribution in [1.82, 2.24) is 9.62 Å². The predicted octanol–water partition coefficient (Wildman–Crippen LogP) is 0.966. The van der Waals surface area contributed by atoms with Crippen LogP contribution in [0.2, 0.25) is 5.02 Å². The molecule has 1 aromatic carbocycles. The first-order valence-corrected chi connectivity index (χ1v) is 8.84. The molecule has 0 bridgehead atoms. The van der Waals surface area contributed by atoms with Gasteiger partial charge in [-0.25, -0.2) is 13.2 Å². The largest absolute Gasteiger partial charge is 0.465 e. The number of rotatable bonds is 3. The van der Waals surface area contributed by atoms with E-state index in [0.717, 1.165) is 13.1 Å². The first-order valence-electron chi connectivity index (χ1n) is 7.02. The van der Waals surface area contributed by atoms with Crippen molar-refractivity contribution in [3.05, 3.63) is 28.8 Å². The van der Waals surface area contributed by atoms with E-state index in [9.17, 15) is 13.2 Å². The summed E-state index contributed by atoms with van der Waals surface area (Å²) in [6.07, 6.45) is 0. The number of hydrogen-bond donors (Lipinski definition) is 1. The summed E-state index contributed by atoms with van der Waals surface area (Å²) in [5.74, 6) is -0.0329. The third-order valence-corrected chi connectivity index (χ3v) is 6.45. The second kappa shape index (κ2) is 5.81. The van der Waals surface area contributed by atoms with Crippen LogP contribution in [0.1, 0.15) is 10.4 Å². The third-order valence-electron chi connectivity index (χ3n) is 4.32. The van der Waals surface area contributed by atoms with E-state index < -0.39 is 16.0 Å². The lowest BCUT2D eigenvalue weighted by Gasteiger charge is -2.19. The van der Waals surface area contributed by atoms with Gasteiger partial charge >= 0.3 is 5.97 Å². The molecule has 0 saturated carbocycles. The maximum absolute atomic E-state index is 12.9. The summed E-state index contributed by atoms with van der Waals surface area (Å²) in [6, 6.07) is 4.17. The summed E-state index contributed by atoms with van der Waals surface area (Å²) in [6.45, 7) is 2.62. The standard InChI is InChI=1S/C14H17ClN2O4S/c1-21-14(18)12-4-11(15)2-3-13(12)22(19,20)17-7-9-5-16-6-10(9)8-17/h2-4,9-10,16H,5-8H2,1H3/t9-,10+. The molecule has 2 saturated heterocycles. The summed E-state index contributed by atoms with van der Waals surface area (Å²) in [5.41, 5.74) is -0.0230. The Morgan fingerprint density at radius 3 is 2.55 bits per heavy atom. The summed E-state index contributed by atoms with van der Waals surface area (Å²) in [5, 5.41) is 3.56. The number of esters is 1. The highest BCUT2D eigenvalue weighted by atomic mass is 35.5. The molecule has 2 aliphatic heterocycles. The Labute approximate surface area is 134 Å². The Kier molecular flexibility index (Phi) is 4.15. The summed E-state index contributed by atoms with van der Waals surface area (Å²) >= 11 is 5.88. The molecule has 0 radical (unpaired) electrons. The lowest BCUT2D eigenvalue weighted by atomic mass is 10.0. The first-order chi connectivity index (χ1) is 10.4. The maximum Gasteiger partial charge on any atom is 0.339 e. The van der Waals surface area contributed by atoms with Crippen LogP contribution in [-0.2, 0) is 14.8 Å². The molecule has 0 amide bonds. The van der Waals surface area contributed by atoms with Crippen molar-refractivity contribution in [2.24, 2.45) is 11.8 Å². The summed E-state index contributed by atoms with van der Waals surface area (Å²) < 4.78 is 31.9. The number of halogens is 1. The number of hydrogen-bond acceptors (Lipinski definition) is 5. The van der Waals surface area contributed by atoms with Crippen molar-refractivity contribution in [3.63, 3.8) is 0 Å². The third kappa shape index (κ3) is 2.62. The number of carbonyl (C=O) groups excluding carboxylic acids is 1. The molecule has 1 aromatic rings. The SMILES string of the molecule is COC(=O)c1cc(Cl)ccc1S(=O)(=O)N1C[C@H]2CNC[C@H]2C1. The van der Waals surface area contributed by atoms with E-state index >= 15 is 0 Å². The van der Waals surface area contributed by atoms with Crippen LogP contribution in [0.15, 0.2) is 23.1 Å². The van der Waals surface area contributed by atoms with Gasteiger partial charge in [-0.1, -0.05) is 11.6 Å². The van der Waals surface area contributed by atoms with Crippen LogP contribution >= 0.6 is 11.6 Å². The molecule has 0 unspecified atom stereocenters. The number of fused-ring (bicyclic) bond motifs is 1. The Morgan fingerprint density at radius 2 is 1.95 bits per heavy atom. The van der Waals surface area contributed by atoms with E-state index in [1.165, 1.54) is 29.6 Å². The lowest BCUT2D eigenvalue weighted by molar-refractivity contribution is 0.0596. The first kappa shape index (κ1) is 15.7. The number of ether oxygens (including phenoxy) is 1. The Hall–Kier alpha value is -1.15. The van der Waals surface area contributed by atoms with Gasteiger partial charge in [0.2, 0.25) is 10.0 Å². The monoisotopic (exact) mass is 344 g/mol. The minimum Gasteiger partial charge on any atom is -0.465 e. The van der Waals surface area contributed by atoms with Crippen LogP contribution in [0.3, 0.4) is 0 Å². The molecule has 2 atom stereocenters. The average molecular weight is 345 g/mol. The molecule has 0 aromatic heterocycles. The number of nitrogens with zero attached hydrogens (tertiary/aromatic N) is 1. The second-order valence-corrected chi connectivity index (χ2v) is 7.98. The zero-order valence-corrected chi connectivity index (χ0v) is 13.7. The van der Waals surface area contributed by atoms with Gasteiger partial charge in [-0.3, -0.25) is 0 Å². The molecule has 2 fully saturated rings. The van der Waals surface area contributed by atoms with Gasteiger partial charge in [0.05, 0.1) is 17.6 Å². The van der Waals surface area contributed by atoms with Gasteiger partial charge in [0.25, 0.3) is 0 Å². The van der Waals surface area contributed by atoms with E-state index in [1.54, 1.807) is 0 Å². The van der Waals surface area contributed by atoms with E-state index in [2.05, 4.69) is 10.1 Å². The molecule has 6 nitrogen and oxygen atoms in total. The number of benzene rings is 1. The summed E-state index contributed by atoms with van der Waals surface area (Å²) in [7, 11) is -2.52. The molecule has 0 spiro atoms. The molecule has 0 aliphatic carbocycles. The molecule has 1 N–H and O–H groups in total. The van der Waals surface area contributed by atoms with Crippen LogP contribution in [0.5, 0.6) is 0 Å². The molecule has 120 valence electrons.